The van der Waals surface area contributed by atoms with Gasteiger partial charge in [-0.3, -0.25) is 14.4 Å². The number of hydrogen-bond donors (Lipinski definition) is 1. The monoisotopic (exact) mass is 493 g/mol. The van der Waals surface area contributed by atoms with E-state index in [2.05, 4.69) is 15.1 Å². The first-order chi connectivity index (χ1) is 18.1. The van der Waals surface area contributed by atoms with Gasteiger partial charge in [-0.25, -0.2) is 9.99 Å². The topological polar surface area (TPSA) is 98.7 Å². The number of aromatic amines is 1. The lowest BCUT2D eigenvalue weighted by Crippen LogP contribution is -2.33. The Morgan fingerprint density at radius 3 is 2.35 bits per heavy atom. The summed E-state index contributed by atoms with van der Waals surface area (Å²) in [5.41, 5.74) is 3.15. The van der Waals surface area contributed by atoms with Crippen molar-refractivity contribution < 1.29 is 9.59 Å². The van der Waals surface area contributed by atoms with E-state index in [9.17, 15) is 14.4 Å². The van der Waals surface area contributed by atoms with Crippen LogP contribution in [0.5, 0.6) is 0 Å². The molecule has 3 aromatic carbocycles. The molecule has 5 rings (SSSR count). The molecule has 0 aliphatic carbocycles. The van der Waals surface area contributed by atoms with Crippen LogP contribution in [0.1, 0.15) is 36.2 Å². The molecule has 1 aliphatic heterocycles. The van der Waals surface area contributed by atoms with Crippen LogP contribution in [0.25, 0.3) is 10.9 Å². The number of para-hydroxylation sites is 1. The minimum Gasteiger partial charge on any atom is -0.331 e. The molecule has 4 aromatic rings. The molecule has 0 saturated carbocycles. The second-order valence-electron chi connectivity index (χ2n) is 8.94. The fourth-order valence-corrected chi connectivity index (χ4v) is 4.40. The third-order valence-electron chi connectivity index (χ3n) is 6.32. The minimum absolute atomic E-state index is 0.0379. The third kappa shape index (κ3) is 5.81. The van der Waals surface area contributed by atoms with Crippen molar-refractivity contribution in [2.75, 3.05) is 6.54 Å². The number of carbonyl (C=O) groups excluding carboxylic acids is 2. The number of carbonyl (C=O) groups is 2. The maximum Gasteiger partial charge on any atom is 0.258 e. The molecule has 0 atom stereocenters. The van der Waals surface area contributed by atoms with E-state index in [4.69, 9.17) is 0 Å². The van der Waals surface area contributed by atoms with Crippen LogP contribution in [0.4, 0.5) is 0 Å². The van der Waals surface area contributed by atoms with Crippen LogP contribution in [0, 0.1) is 0 Å². The predicted molar refractivity (Wildman–Crippen MR) is 142 cm³/mol. The summed E-state index contributed by atoms with van der Waals surface area (Å²) in [6, 6.07) is 26.5. The Bertz CT molecular complexity index is 1500. The first-order valence-electron chi connectivity index (χ1n) is 12.3. The maximum absolute atomic E-state index is 13.3. The number of amides is 2. The smallest absolute Gasteiger partial charge is 0.258 e. The van der Waals surface area contributed by atoms with Gasteiger partial charge in [0, 0.05) is 25.8 Å². The van der Waals surface area contributed by atoms with Crippen molar-refractivity contribution in [3.05, 3.63) is 112 Å². The highest BCUT2D eigenvalue weighted by molar-refractivity contribution is 6.02. The van der Waals surface area contributed by atoms with E-state index in [0.717, 1.165) is 16.8 Å². The summed E-state index contributed by atoms with van der Waals surface area (Å²) in [5.74, 6) is 0.0200. The van der Waals surface area contributed by atoms with Gasteiger partial charge in [0.15, 0.2) is 0 Å². The van der Waals surface area contributed by atoms with E-state index in [1.165, 1.54) is 5.01 Å². The molecular formula is C29H27N5O3. The molecule has 8 nitrogen and oxygen atoms in total. The quantitative estimate of drug-likeness (QED) is 0.403. The average molecular weight is 494 g/mol. The number of nitrogens with zero attached hydrogens (tertiary/aromatic N) is 4. The molecule has 1 aliphatic rings. The predicted octanol–water partition coefficient (Wildman–Crippen LogP) is 3.87. The van der Waals surface area contributed by atoms with Crippen molar-refractivity contribution in [2.24, 2.45) is 5.10 Å². The second kappa shape index (κ2) is 11.0. The first kappa shape index (κ1) is 24.1. The molecule has 0 bridgehead atoms. The number of rotatable bonds is 8. The molecule has 8 heteroatoms. The highest BCUT2D eigenvalue weighted by Gasteiger charge is 2.24. The number of hydrogen-bond acceptors (Lipinski definition) is 5. The zero-order valence-electron chi connectivity index (χ0n) is 20.3. The second-order valence-corrected chi connectivity index (χ2v) is 8.94. The highest BCUT2D eigenvalue weighted by atomic mass is 16.2. The zero-order valence-corrected chi connectivity index (χ0v) is 20.3. The van der Waals surface area contributed by atoms with Gasteiger partial charge < -0.3 is 9.88 Å². The summed E-state index contributed by atoms with van der Waals surface area (Å²) in [7, 11) is 0. The molecule has 0 saturated heterocycles. The van der Waals surface area contributed by atoms with Gasteiger partial charge >= 0.3 is 0 Å². The minimum atomic E-state index is -0.246. The van der Waals surface area contributed by atoms with Gasteiger partial charge in [-0.05, 0) is 23.3 Å². The summed E-state index contributed by atoms with van der Waals surface area (Å²) in [4.78, 5) is 47.7. The summed E-state index contributed by atoms with van der Waals surface area (Å²) in [5, 5.41) is 6.44. The zero-order chi connectivity index (χ0) is 25.6. The Kier molecular flexibility index (Phi) is 7.16. The van der Waals surface area contributed by atoms with Crippen molar-refractivity contribution in [1.29, 1.82) is 0 Å². The SMILES string of the molecule is O=C(CCC(=O)N1CCC(c2ccccc2)=N1)N(Cc1ccccc1)Cc1nc2ccccc2c(=O)[nH]1. The van der Waals surface area contributed by atoms with Gasteiger partial charge in [-0.15, -0.1) is 0 Å². The molecular weight excluding hydrogens is 466 g/mol. The number of fused-ring (bicyclic) bond motifs is 1. The van der Waals surface area contributed by atoms with E-state index in [1.54, 1.807) is 23.1 Å². The Hall–Kier alpha value is -4.59. The lowest BCUT2D eigenvalue weighted by Gasteiger charge is -2.23. The van der Waals surface area contributed by atoms with E-state index in [0.29, 0.717) is 36.2 Å². The van der Waals surface area contributed by atoms with Gasteiger partial charge in [-0.1, -0.05) is 72.8 Å². The van der Waals surface area contributed by atoms with Crippen LogP contribution >= 0.6 is 0 Å². The Morgan fingerprint density at radius 2 is 1.57 bits per heavy atom. The van der Waals surface area contributed by atoms with E-state index < -0.39 is 0 Å². The Morgan fingerprint density at radius 1 is 0.865 bits per heavy atom. The van der Waals surface area contributed by atoms with Gasteiger partial charge in [0.1, 0.15) is 5.82 Å². The van der Waals surface area contributed by atoms with Gasteiger partial charge in [0.2, 0.25) is 11.8 Å². The number of benzene rings is 3. The highest BCUT2D eigenvalue weighted by Crippen LogP contribution is 2.17. The van der Waals surface area contributed by atoms with Gasteiger partial charge in [-0.2, -0.15) is 5.10 Å². The van der Waals surface area contributed by atoms with Crippen molar-refractivity contribution in [2.45, 2.75) is 32.4 Å². The summed E-state index contributed by atoms with van der Waals surface area (Å²) in [6.07, 6.45) is 0.776. The first-order valence-corrected chi connectivity index (χ1v) is 12.3. The van der Waals surface area contributed by atoms with Crippen LogP contribution in [-0.2, 0) is 22.7 Å². The number of aromatic nitrogens is 2. The lowest BCUT2D eigenvalue weighted by molar-refractivity contribution is -0.137. The molecule has 0 fully saturated rings. The van der Waals surface area contributed by atoms with Gasteiger partial charge in [0.25, 0.3) is 5.56 Å². The molecule has 1 aromatic heterocycles. The summed E-state index contributed by atoms with van der Waals surface area (Å²) >= 11 is 0. The third-order valence-corrected chi connectivity index (χ3v) is 6.32. The van der Waals surface area contributed by atoms with E-state index in [-0.39, 0.29) is 36.8 Å². The summed E-state index contributed by atoms with van der Waals surface area (Å²) < 4.78 is 0. The molecule has 37 heavy (non-hydrogen) atoms. The summed E-state index contributed by atoms with van der Waals surface area (Å²) in [6.45, 7) is 0.972. The van der Waals surface area contributed by atoms with Crippen LogP contribution in [0.15, 0.2) is 94.8 Å². The molecule has 0 unspecified atom stereocenters. The van der Waals surface area contributed by atoms with Crippen LogP contribution in [0.3, 0.4) is 0 Å². The van der Waals surface area contributed by atoms with Crippen molar-refractivity contribution >= 4 is 28.4 Å². The Balaban J connectivity index is 1.29. The molecule has 2 amide bonds. The molecule has 2 heterocycles. The number of hydrazone groups is 1. The normalized spacial score (nSPS) is 13.0. The number of H-pyrrole nitrogens is 1. The van der Waals surface area contributed by atoms with Crippen LogP contribution < -0.4 is 5.56 Å². The molecule has 1 N–H and O–H groups in total. The van der Waals surface area contributed by atoms with E-state index >= 15 is 0 Å². The molecule has 186 valence electrons. The molecule has 0 radical (unpaired) electrons. The van der Waals surface area contributed by atoms with Crippen molar-refractivity contribution in [3.63, 3.8) is 0 Å². The average Bonchev–Trinajstić information content (AvgIpc) is 3.43. The standard InChI is InChI=1S/C29H27N5O3/c35-27(15-16-28(36)34-18-17-24(32-34)22-11-5-2-6-12-22)33(19-21-9-3-1-4-10-21)20-26-30-25-14-8-7-13-23(25)29(37)31-26/h1-14H,15-20H2,(H,30,31,37). The van der Waals surface area contributed by atoms with Crippen molar-refractivity contribution in [3.8, 4) is 0 Å². The van der Waals surface area contributed by atoms with Gasteiger partial charge in [0.05, 0.1) is 29.7 Å². The maximum atomic E-state index is 13.3. The van der Waals surface area contributed by atoms with E-state index in [1.807, 2.05) is 66.7 Å². The van der Waals surface area contributed by atoms with Crippen molar-refractivity contribution in [1.82, 2.24) is 19.9 Å². The fraction of sp³-hybridized carbons (Fsp3) is 0.207. The fourth-order valence-electron chi connectivity index (χ4n) is 4.40. The Labute approximate surface area is 214 Å². The number of nitrogens with one attached hydrogen (secondary N) is 1. The van der Waals surface area contributed by atoms with Crippen LogP contribution in [-0.4, -0.2) is 43.9 Å². The molecule has 0 spiro atoms. The van der Waals surface area contributed by atoms with Crippen LogP contribution in [0.2, 0.25) is 0 Å². The largest absolute Gasteiger partial charge is 0.331 e. The lowest BCUT2D eigenvalue weighted by atomic mass is 10.1.